The fraction of sp³-hybridized carbons (Fsp3) is 0.500. The van der Waals surface area contributed by atoms with E-state index in [0.29, 0.717) is 41.9 Å². The van der Waals surface area contributed by atoms with E-state index < -0.39 is 0 Å². The number of benzene rings is 1. The van der Waals surface area contributed by atoms with E-state index in [1.54, 1.807) is 7.05 Å². The van der Waals surface area contributed by atoms with Crippen molar-refractivity contribution in [3.63, 3.8) is 0 Å². The lowest BCUT2D eigenvalue weighted by molar-refractivity contribution is 0.0696. The average Bonchev–Trinajstić information content (AvgIpc) is 3.26. The first-order chi connectivity index (χ1) is 17.3. The number of aryl methyl sites for hydroxylation is 1. The molecule has 3 rings (SSSR count). The zero-order valence-electron chi connectivity index (χ0n) is 22.3. The molecule has 1 aromatic heterocycles. The first kappa shape index (κ1) is 28.1. The monoisotopic (exact) mass is 511 g/mol. The Bertz CT molecular complexity index is 1100. The first-order valence-electron chi connectivity index (χ1n) is 12.7. The standard InChI is InChI=1S/C28H41N5O2S/c1-6-19(15-29)9-11-32-28(31-3)24(16-30)26(34)25-14-22(18(2)36-25)27-23-13-20(17-33(4)5)7-8-21(23)10-12-35-27/h7-8,13-14,16,19,27H,6,9-12,15,17,29-30H2,1-5H3,(H,31,32)/b24-16-. The van der Waals surface area contributed by atoms with E-state index in [2.05, 4.69) is 61.4 Å². The van der Waals surface area contributed by atoms with Crippen molar-refractivity contribution >= 4 is 23.0 Å². The number of thiophene rings is 1. The minimum absolute atomic E-state index is 0.131. The molecule has 7 nitrogen and oxygen atoms in total. The van der Waals surface area contributed by atoms with Crippen molar-refractivity contribution in [2.24, 2.45) is 22.4 Å². The van der Waals surface area contributed by atoms with Crippen LogP contribution in [0.2, 0.25) is 0 Å². The topological polar surface area (TPSA) is 106 Å². The summed E-state index contributed by atoms with van der Waals surface area (Å²) in [7, 11) is 5.81. The molecule has 196 valence electrons. The Hall–Kier alpha value is -2.52. The number of fused-ring (bicyclic) bond motifs is 1. The summed E-state index contributed by atoms with van der Waals surface area (Å²) < 4.78 is 6.27. The SMILES string of the molecule is CCC(CN)CCNC(=NC)/C(=C\N)C(=O)c1cc(C2OCCc3ccc(CN(C)C)cc32)c(C)s1. The molecule has 2 unspecified atom stereocenters. The van der Waals surface area contributed by atoms with E-state index in [0.717, 1.165) is 36.2 Å². The number of nitrogens with zero attached hydrogens (tertiary/aromatic N) is 2. The van der Waals surface area contributed by atoms with Gasteiger partial charge in [0.1, 0.15) is 11.9 Å². The maximum absolute atomic E-state index is 13.5. The van der Waals surface area contributed by atoms with Gasteiger partial charge in [-0.25, -0.2) is 0 Å². The van der Waals surface area contributed by atoms with Crippen LogP contribution in [0.25, 0.3) is 0 Å². The molecule has 0 saturated carbocycles. The van der Waals surface area contributed by atoms with Crippen LogP contribution in [0.3, 0.4) is 0 Å². The first-order valence-corrected chi connectivity index (χ1v) is 13.5. The van der Waals surface area contributed by atoms with Crippen LogP contribution in [0.5, 0.6) is 0 Å². The highest BCUT2D eigenvalue weighted by Crippen LogP contribution is 2.38. The molecule has 1 aromatic carbocycles. The molecular formula is C28H41N5O2S. The molecule has 1 aliphatic rings. The fourth-order valence-electron chi connectivity index (χ4n) is 4.65. The number of nitrogens with two attached hydrogens (primary N) is 2. The summed E-state index contributed by atoms with van der Waals surface area (Å²) in [6, 6.07) is 8.64. The number of carbonyl (C=O) groups excluding carboxylic acids is 1. The molecule has 0 spiro atoms. The quantitative estimate of drug-likeness (QED) is 0.183. The van der Waals surface area contributed by atoms with E-state index in [4.69, 9.17) is 16.2 Å². The van der Waals surface area contributed by atoms with Crippen LogP contribution < -0.4 is 16.8 Å². The van der Waals surface area contributed by atoms with Gasteiger partial charge in [0.15, 0.2) is 0 Å². The molecule has 0 aliphatic carbocycles. The molecule has 0 saturated heterocycles. The number of hydrogen-bond donors (Lipinski definition) is 3. The number of aliphatic imine (C=N–C) groups is 1. The van der Waals surface area contributed by atoms with Crippen molar-refractivity contribution in [2.75, 3.05) is 40.8 Å². The van der Waals surface area contributed by atoms with Gasteiger partial charge < -0.3 is 26.4 Å². The molecular weight excluding hydrogens is 470 g/mol. The smallest absolute Gasteiger partial charge is 0.208 e. The number of ether oxygens (including phenoxy) is 1. The van der Waals surface area contributed by atoms with E-state index in [1.807, 2.05) is 6.07 Å². The van der Waals surface area contributed by atoms with E-state index in [1.165, 1.54) is 34.2 Å². The highest BCUT2D eigenvalue weighted by molar-refractivity contribution is 7.14. The van der Waals surface area contributed by atoms with Crippen LogP contribution in [-0.4, -0.2) is 57.4 Å². The minimum atomic E-state index is -0.182. The number of rotatable bonds is 11. The molecule has 36 heavy (non-hydrogen) atoms. The van der Waals surface area contributed by atoms with Crippen LogP contribution in [-0.2, 0) is 17.7 Å². The second-order valence-corrected chi connectivity index (χ2v) is 10.9. The summed E-state index contributed by atoms with van der Waals surface area (Å²) in [4.78, 5) is 21.7. The van der Waals surface area contributed by atoms with Crippen molar-refractivity contribution in [2.45, 2.75) is 45.8 Å². The Kier molecular flexibility index (Phi) is 10.2. The van der Waals surface area contributed by atoms with Gasteiger partial charge in [0.25, 0.3) is 0 Å². The van der Waals surface area contributed by atoms with E-state index in [-0.39, 0.29) is 11.9 Å². The van der Waals surface area contributed by atoms with Crippen molar-refractivity contribution in [1.82, 2.24) is 10.2 Å². The van der Waals surface area contributed by atoms with Crippen LogP contribution in [0.4, 0.5) is 0 Å². The zero-order valence-corrected chi connectivity index (χ0v) is 23.1. The molecule has 1 aliphatic heterocycles. The molecule has 2 aromatic rings. The van der Waals surface area contributed by atoms with Crippen LogP contribution in [0.1, 0.15) is 62.7 Å². The van der Waals surface area contributed by atoms with Gasteiger partial charge in [-0.1, -0.05) is 31.5 Å². The number of carbonyl (C=O) groups is 1. The van der Waals surface area contributed by atoms with Crippen LogP contribution in [0, 0.1) is 12.8 Å². The van der Waals surface area contributed by atoms with E-state index >= 15 is 0 Å². The molecule has 5 N–H and O–H groups in total. The molecule has 2 heterocycles. The summed E-state index contributed by atoms with van der Waals surface area (Å²) >= 11 is 1.48. The average molecular weight is 512 g/mol. The normalized spacial score (nSPS) is 17.2. The number of nitrogens with one attached hydrogen (secondary N) is 1. The maximum Gasteiger partial charge on any atom is 0.208 e. The Balaban J connectivity index is 1.83. The zero-order chi connectivity index (χ0) is 26.2. The van der Waals surface area contributed by atoms with Gasteiger partial charge in [-0.15, -0.1) is 11.3 Å². The molecule has 0 bridgehead atoms. The third-order valence-electron chi connectivity index (χ3n) is 6.76. The minimum Gasteiger partial charge on any atom is -0.404 e. The van der Waals surface area contributed by atoms with Crippen molar-refractivity contribution < 1.29 is 9.53 Å². The predicted octanol–water partition coefficient (Wildman–Crippen LogP) is 3.80. The molecule has 8 heteroatoms. The summed E-state index contributed by atoms with van der Waals surface area (Å²) in [5, 5.41) is 3.29. The van der Waals surface area contributed by atoms with Gasteiger partial charge in [-0.2, -0.15) is 0 Å². The van der Waals surface area contributed by atoms with Gasteiger partial charge in [-0.05, 0) is 74.6 Å². The highest BCUT2D eigenvalue weighted by Gasteiger charge is 2.28. The number of Topliss-reactive ketones (excluding diaryl/α,β-unsaturated/α-hetero) is 1. The second-order valence-electron chi connectivity index (χ2n) is 9.60. The third kappa shape index (κ3) is 6.62. The number of amidine groups is 1. The Morgan fingerprint density at radius 1 is 1.33 bits per heavy atom. The van der Waals surface area contributed by atoms with Crippen molar-refractivity contribution in [3.05, 3.63) is 68.0 Å². The van der Waals surface area contributed by atoms with Gasteiger partial charge in [0, 0.05) is 31.2 Å². The summed E-state index contributed by atoms with van der Waals surface area (Å²) in [6.45, 7) is 7.05. The molecule has 0 radical (unpaired) electrons. The van der Waals surface area contributed by atoms with Crippen LogP contribution >= 0.6 is 11.3 Å². The number of hydrogen-bond acceptors (Lipinski definition) is 7. The van der Waals surface area contributed by atoms with Crippen LogP contribution in [0.15, 0.2) is 41.0 Å². The largest absolute Gasteiger partial charge is 0.404 e. The van der Waals surface area contributed by atoms with Gasteiger partial charge in [0.05, 0.1) is 17.1 Å². The predicted molar refractivity (Wildman–Crippen MR) is 150 cm³/mol. The van der Waals surface area contributed by atoms with E-state index in [9.17, 15) is 4.79 Å². The van der Waals surface area contributed by atoms with Gasteiger partial charge in [0.2, 0.25) is 5.78 Å². The van der Waals surface area contributed by atoms with Crippen molar-refractivity contribution in [1.29, 1.82) is 0 Å². The summed E-state index contributed by atoms with van der Waals surface area (Å²) in [5.41, 5.74) is 16.9. The highest BCUT2D eigenvalue weighted by atomic mass is 32.1. The third-order valence-corrected chi connectivity index (χ3v) is 7.82. The lowest BCUT2D eigenvalue weighted by Crippen LogP contribution is -2.32. The second kappa shape index (κ2) is 13.1. The Morgan fingerprint density at radius 2 is 2.11 bits per heavy atom. The summed E-state index contributed by atoms with van der Waals surface area (Å²) in [6.07, 6.45) is 4.00. The lowest BCUT2D eigenvalue weighted by Gasteiger charge is -2.27. The molecule has 2 atom stereocenters. The number of ketones is 1. The molecule has 0 fully saturated rings. The lowest BCUT2D eigenvalue weighted by atomic mass is 9.91. The van der Waals surface area contributed by atoms with Gasteiger partial charge >= 0.3 is 0 Å². The fourth-order valence-corrected chi connectivity index (χ4v) is 5.66. The Morgan fingerprint density at radius 3 is 2.75 bits per heavy atom. The van der Waals surface area contributed by atoms with Crippen molar-refractivity contribution in [3.8, 4) is 0 Å². The Labute approximate surface area is 219 Å². The maximum atomic E-state index is 13.5. The summed E-state index contributed by atoms with van der Waals surface area (Å²) in [5.74, 6) is 0.818. The van der Waals surface area contributed by atoms with Gasteiger partial charge in [-0.3, -0.25) is 9.79 Å². The molecule has 0 amide bonds.